The second kappa shape index (κ2) is 4.62. The topological polar surface area (TPSA) is 75.1 Å². The van der Waals surface area contributed by atoms with Crippen molar-refractivity contribution in [1.29, 1.82) is 0 Å². The van der Waals surface area contributed by atoms with Crippen LogP contribution in [0.15, 0.2) is 32.3 Å². The van der Waals surface area contributed by atoms with Crippen LogP contribution in [0, 0.1) is 6.92 Å². The Kier molecular flexibility index (Phi) is 3.32. The summed E-state index contributed by atoms with van der Waals surface area (Å²) in [6, 6.07) is 4.85. The Morgan fingerprint density at radius 1 is 1.39 bits per heavy atom. The molecule has 7 heteroatoms. The first-order chi connectivity index (χ1) is 8.41. The fourth-order valence-electron chi connectivity index (χ4n) is 1.49. The van der Waals surface area contributed by atoms with Crippen molar-refractivity contribution in [2.24, 2.45) is 0 Å². The molecule has 1 heterocycles. The second-order valence-corrected chi connectivity index (χ2v) is 4.96. The van der Waals surface area contributed by atoms with Gasteiger partial charge in [0.2, 0.25) is 5.88 Å². The molecule has 0 bridgehead atoms. The molecule has 0 atom stereocenters. The van der Waals surface area contributed by atoms with Crippen LogP contribution in [0.4, 0.5) is 0 Å². The van der Waals surface area contributed by atoms with E-state index in [4.69, 9.17) is 11.6 Å². The molecule has 0 spiro atoms. The molecule has 2 N–H and O–H groups in total. The molecular weight excluding hydrogens is 323 g/mol. The van der Waals surface area contributed by atoms with Crippen LogP contribution in [-0.2, 0) is 0 Å². The molecule has 5 nitrogen and oxygen atoms in total. The first-order valence-corrected chi connectivity index (χ1v) is 6.09. The SMILES string of the molecule is Cc1c(O)n(-c2cc(Br)ccc2Cl)c(=O)[nH]c1=O. The molecule has 2 aromatic rings. The number of H-pyrrole nitrogens is 1. The average Bonchev–Trinajstić information content (AvgIpc) is 2.31. The molecular formula is C11H8BrClN2O3. The van der Waals surface area contributed by atoms with Crippen LogP contribution in [0.5, 0.6) is 5.88 Å². The van der Waals surface area contributed by atoms with E-state index in [1.54, 1.807) is 18.2 Å². The molecule has 0 unspecified atom stereocenters. The molecule has 2 rings (SSSR count). The number of aromatic hydroxyl groups is 1. The molecule has 0 saturated carbocycles. The normalized spacial score (nSPS) is 10.6. The summed E-state index contributed by atoms with van der Waals surface area (Å²) < 4.78 is 1.64. The van der Waals surface area contributed by atoms with E-state index in [9.17, 15) is 14.7 Å². The van der Waals surface area contributed by atoms with Crippen molar-refractivity contribution in [2.75, 3.05) is 0 Å². The number of aromatic amines is 1. The number of benzene rings is 1. The van der Waals surface area contributed by atoms with E-state index in [0.717, 1.165) is 4.57 Å². The minimum absolute atomic E-state index is 0.0469. The Bertz CT molecular complexity index is 736. The summed E-state index contributed by atoms with van der Waals surface area (Å²) >= 11 is 9.23. The highest BCUT2D eigenvalue weighted by atomic mass is 79.9. The summed E-state index contributed by atoms with van der Waals surface area (Å²) in [5.41, 5.74) is -1.04. The van der Waals surface area contributed by atoms with Gasteiger partial charge in [-0.15, -0.1) is 0 Å². The van der Waals surface area contributed by atoms with Crippen LogP contribution in [0.25, 0.3) is 5.69 Å². The lowest BCUT2D eigenvalue weighted by Crippen LogP contribution is -2.30. The van der Waals surface area contributed by atoms with Crippen LogP contribution in [0.2, 0.25) is 5.02 Å². The third-order valence-electron chi connectivity index (χ3n) is 2.46. The molecule has 0 aliphatic heterocycles. The smallest absolute Gasteiger partial charge is 0.335 e. The van der Waals surface area contributed by atoms with Gasteiger partial charge in [-0.2, -0.15) is 0 Å². The Morgan fingerprint density at radius 2 is 2.06 bits per heavy atom. The van der Waals surface area contributed by atoms with Gasteiger partial charge < -0.3 is 5.11 Å². The van der Waals surface area contributed by atoms with Crippen molar-refractivity contribution < 1.29 is 5.11 Å². The van der Waals surface area contributed by atoms with Crippen molar-refractivity contribution in [3.63, 3.8) is 0 Å². The maximum Gasteiger partial charge on any atom is 0.335 e. The predicted octanol–water partition coefficient (Wildman–Crippen LogP) is 1.96. The molecule has 1 aromatic heterocycles. The summed E-state index contributed by atoms with van der Waals surface area (Å²) in [6.07, 6.45) is 0. The van der Waals surface area contributed by atoms with Crippen molar-refractivity contribution in [3.8, 4) is 11.6 Å². The summed E-state index contributed by atoms with van der Waals surface area (Å²) in [5.74, 6) is -0.427. The average molecular weight is 332 g/mol. The Balaban J connectivity index is 2.88. The monoisotopic (exact) mass is 330 g/mol. The maximum atomic E-state index is 11.8. The highest BCUT2D eigenvalue weighted by molar-refractivity contribution is 9.10. The summed E-state index contributed by atoms with van der Waals surface area (Å²) in [6.45, 7) is 1.41. The number of rotatable bonds is 1. The molecule has 1 aromatic carbocycles. The van der Waals surface area contributed by atoms with Gasteiger partial charge in [0.1, 0.15) is 0 Å². The van der Waals surface area contributed by atoms with E-state index in [1.807, 2.05) is 0 Å². The number of hydrogen-bond acceptors (Lipinski definition) is 3. The lowest BCUT2D eigenvalue weighted by atomic mass is 10.3. The van der Waals surface area contributed by atoms with Crippen LogP contribution in [-0.4, -0.2) is 14.7 Å². The van der Waals surface area contributed by atoms with Crippen molar-refractivity contribution >= 4 is 27.5 Å². The molecule has 0 saturated heterocycles. The van der Waals surface area contributed by atoms with Crippen LogP contribution < -0.4 is 11.2 Å². The van der Waals surface area contributed by atoms with E-state index in [0.29, 0.717) is 4.47 Å². The van der Waals surface area contributed by atoms with Crippen LogP contribution in [0.1, 0.15) is 5.56 Å². The first kappa shape index (κ1) is 12.9. The van der Waals surface area contributed by atoms with Gasteiger partial charge in [0.15, 0.2) is 0 Å². The van der Waals surface area contributed by atoms with Crippen molar-refractivity contribution in [3.05, 3.63) is 54.1 Å². The molecule has 18 heavy (non-hydrogen) atoms. The van der Waals surface area contributed by atoms with Gasteiger partial charge in [-0.25, -0.2) is 9.36 Å². The minimum atomic E-state index is -0.747. The highest BCUT2D eigenvalue weighted by Gasteiger charge is 2.14. The molecule has 0 aliphatic rings. The Hall–Kier alpha value is -1.53. The molecule has 94 valence electrons. The standard InChI is InChI=1S/C11H8BrClN2O3/c1-5-9(16)14-11(18)15(10(5)17)8-4-6(12)2-3-7(8)13/h2-4,17H,1H3,(H,14,16,18). The zero-order valence-electron chi connectivity index (χ0n) is 9.20. The quantitative estimate of drug-likeness (QED) is 0.839. The fourth-order valence-corrected chi connectivity index (χ4v) is 2.04. The van der Waals surface area contributed by atoms with Gasteiger partial charge in [-0.1, -0.05) is 27.5 Å². The van der Waals surface area contributed by atoms with Crippen LogP contribution in [0.3, 0.4) is 0 Å². The Morgan fingerprint density at radius 3 is 2.72 bits per heavy atom. The van der Waals surface area contributed by atoms with Gasteiger partial charge in [-0.05, 0) is 25.1 Å². The van der Waals surface area contributed by atoms with Crippen molar-refractivity contribution in [2.45, 2.75) is 6.92 Å². The maximum absolute atomic E-state index is 11.8. The number of aromatic nitrogens is 2. The van der Waals surface area contributed by atoms with E-state index < -0.39 is 17.1 Å². The minimum Gasteiger partial charge on any atom is -0.494 e. The zero-order valence-corrected chi connectivity index (χ0v) is 11.5. The van der Waals surface area contributed by atoms with Crippen LogP contribution >= 0.6 is 27.5 Å². The largest absolute Gasteiger partial charge is 0.494 e. The summed E-state index contributed by atoms with van der Waals surface area (Å²) in [4.78, 5) is 25.2. The lowest BCUT2D eigenvalue weighted by Gasteiger charge is -2.11. The summed E-state index contributed by atoms with van der Waals surface area (Å²) in [5, 5.41) is 10.2. The zero-order chi connectivity index (χ0) is 13.4. The number of nitrogens with zero attached hydrogens (tertiary/aromatic N) is 1. The second-order valence-electron chi connectivity index (χ2n) is 3.64. The summed E-state index contributed by atoms with van der Waals surface area (Å²) in [7, 11) is 0. The van der Waals surface area contributed by atoms with Crippen molar-refractivity contribution in [1.82, 2.24) is 9.55 Å². The van der Waals surface area contributed by atoms with Gasteiger partial charge in [0.25, 0.3) is 5.56 Å². The first-order valence-electron chi connectivity index (χ1n) is 4.92. The highest BCUT2D eigenvalue weighted by Crippen LogP contribution is 2.26. The molecule has 0 fully saturated rings. The van der Waals surface area contributed by atoms with E-state index in [2.05, 4.69) is 20.9 Å². The number of hydrogen-bond donors (Lipinski definition) is 2. The van der Waals surface area contributed by atoms with Gasteiger partial charge >= 0.3 is 5.69 Å². The molecule has 0 radical (unpaired) electrons. The fraction of sp³-hybridized carbons (Fsp3) is 0.0909. The van der Waals surface area contributed by atoms with Gasteiger partial charge in [0, 0.05) is 4.47 Å². The third-order valence-corrected chi connectivity index (χ3v) is 3.27. The number of halogens is 2. The molecule has 0 amide bonds. The van der Waals surface area contributed by atoms with E-state index >= 15 is 0 Å². The predicted molar refractivity (Wildman–Crippen MR) is 71.8 cm³/mol. The lowest BCUT2D eigenvalue weighted by molar-refractivity contribution is 0.426. The third kappa shape index (κ3) is 2.09. The van der Waals surface area contributed by atoms with Gasteiger partial charge in [0.05, 0.1) is 16.3 Å². The molecule has 0 aliphatic carbocycles. The number of nitrogens with one attached hydrogen (secondary N) is 1. The van der Waals surface area contributed by atoms with Gasteiger partial charge in [-0.3, -0.25) is 9.78 Å². The van der Waals surface area contributed by atoms with E-state index in [-0.39, 0.29) is 16.3 Å². The van der Waals surface area contributed by atoms with E-state index in [1.165, 1.54) is 6.92 Å². The Labute approximate surface area is 115 Å².